The minimum absolute atomic E-state index is 0.0253. The van der Waals surface area contributed by atoms with E-state index in [-0.39, 0.29) is 6.61 Å². The van der Waals surface area contributed by atoms with Crippen LogP contribution in [0.25, 0.3) is 28.2 Å². The topological polar surface area (TPSA) is 128 Å². The highest BCUT2D eigenvalue weighted by atomic mass is 16.6. The lowest BCUT2D eigenvalue weighted by Gasteiger charge is -2.19. The lowest BCUT2D eigenvalue weighted by Crippen LogP contribution is -2.17. The molecule has 0 saturated heterocycles. The fourth-order valence-corrected chi connectivity index (χ4v) is 3.96. The number of rotatable bonds is 6. The highest BCUT2D eigenvalue weighted by molar-refractivity contribution is 5.81. The zero-order valence-corrected chi connectivity index (χ0v) is 18.2. The van der Waals surface area contributed by atoms with E-state index >= 15 is 0 Å². The van der Waals surface area contributed by atoms with Crippen LogP contribution in [-0.4, -0.2) is 46.1 Å². The number of fused-ring (bicyclic) bond motifs is 2. The molecule has 9 nitrogen and oxygen atoms in total. The molecule has 2 aromatic carbocycles. The fraction of sp³-hybridized carbons (Fsp3) is 0.200. The molecule has 2 N–H and O–H groups in total. The SMILES string of the molecule is N#Cc1c(-c2ccc3c(c2)OCCO3)cccc1-c1nc2c(C#N)cc(CNCCO)cn2n1. The summed E-state index contributed by atoms with van der Waals surface area (Å²) in [6.07, 6.45) is 1.79. The molecule has 34 heavy (non-hydrogen) atoms. The minimum Gasteiger partial charge on any atom is -0.486 e. The summed E-state index contributed by atoms with van der Waals surface area (Å²) in [6, 6.07) is 17.3. The van der Waals surface area contributed by atoms with Crippen LogP contribution in [0.3, 0.4) is 0 Å². The third-order valence-electron chi connectivity index (χ3n) is 5.50. The van der Waals surface area contributed by atoms with Crippen LogP contribution in [0.15, 0.2) is 48.7 Å². The zero-order chi connectivity index (χ0) is 23.5. The van der Waals surface area contributed by atoms with Gasteiger partial charge in [0, 0.05) is 30.4 Å². The van der Waals surface area contributed by atoms with Crippen LogP contribution in [-0.2, 0) is 6.54 Å². The van der Waals surface area contributed by atoms with Crippen molar-refractivity contribution in [1.82, 2.24) is 19.9 Å². The van der Waals surface area contributed by atoms with Gasteiger partial charge in [0.05, 0.1) is 17.7 Å². The van der Waals surface area contributed by atoms with Crippen LogP contribution in [0.1, 0.15) is 16.7 Å². The molecule has 3 heterocycles. The Morgan fingerprint density at radius 2 is 1.85 bits per heavy atom. The lowest BCUT2D eigenvalue weighted by atomic mass is 9.95. The predicted octanol–water partition coefficient (Wildman–Crippen LogP) is 2.66. The van der Waals surface area contributed by atoms with E-state index in [1.165, 1.54) is 0 Å². The Balaban J connectivity index is 1.58. The Kier molecular flexibility index (Phi) is 5.79. The van der Waals surface area contributed by atoms with Crippen molar-refractivity contribution >= 4 is 5.65 Å². The predicted molar refractivity (Wildman–Crippen MR) is 123 cm³/mol. The molecule has 2 aromatic heterocycles. The first-order chi connectivity index (χ1) is 16.7. The molecule has 0 spiro atoms. The maximum absolute atomic E-state index is 10.1. The van der Waals surface area contributed by atoms with E-state index in [0.717, 1.165) is 16.7 Å². The molecule has 0 unspecified atom stereocenters. The number of hydrogen-bond acceptors (Lipinski definition) is 8. The molecule has 0 aliphatic carbocycles. The summed E-state index contributed by atoms with van der Waals surface area (Å²) in [7, 11) is 0. The van der Waals surface area contributed by atoms with Crippen LogP contribution in [0, 0.1) is 22.7 Å². The molecule has 5 rings (SSSR count). The second-order valence-electron chi connectivity index (χ2n) is 7.68. The smallest absolute Gasteiger partial charge is 0.183 e. The molecule has 9 heteroatoms. The van der Waals surface area contributed by atoms with Gasteiger partial charge in [-0.25, -0.2) is 9.50 Å². The summed E-state index contributed by atoms with van der Waals surface area (Å²) in [4.78, 5) is 4.58. The maximum Gasteiger partial charge on any atom is 0.183 e. The third kappa shape index (κ3) is 3.90. The van der Waals surface area contributed by atoms with Crippen molar-refractivity contribution < 1.29 is 14.6 Å². The van der Waals surface area contributed by atoms with Gasteiger partial charge in [-0.1, -0.05) is 18.2 Å². The molecule has 1 aliphatic rings. The van der Waals surface area contributed by atoms with Crippen molar-refractivity contribution in [3.63, 3.8) is 0 Å². The van der Waals surface area contributed by atoms with Crippen LogP contribution >= 0.6 is 0 Å². The summed E-state index contributed by atoms with van der Waals surface area (Å²) in [6.45, 7) is 1.93. The number of benzene rings is 2. The van der Waals surface area contributed by atoms with E-state index in [4.69, 9.17) is 14.6 Å². The second-order valence-corrected chi connectivity index (χ2v) is 7.68. The Morgan fingerprint density at radius 3 is 2.65 bits per heavy atom. The van der Waals surface area contributed by atoms with E-state index in [0.29, 0.717) is 66.0 Å². The minimum atomic E-state index is 0.0253. The lowest BCUT2D eigenvalue weighted by molar-refractivity contribution is 0.171. The number of aliphatic hydroxyl groups excluding tert-OH is 1. The van der Waals surface area contributed by atoms with E-state index in [1.807, 2.05) is 30.3 Å². The summed E-state index contributed by atoms with van der Waals surface area (Å²) >= 11 is 0. The Labute approximate surface area is 195 Å². The van der Waals surface area contributed by atoms with Crippen LogP contribution in [0.2, 0.25) is 0 Å². The van der Waals surface area contributed by atoms with Gasteiger partial charge >= 0.3 is 0 Å². The number of ether oxygens (including phenoxy) is 2. The molecule has 0 radical (unpaired) electrons. The molecule has 0 saturated carbocycles. The molecule has 0 bridgehead atoms. The zero-order valence-electron chi connectivity index (χ0n) is 18.2. The molecule has 0 fully saturated rings. The fourth-order valence-electron chi connectivity index (χ4n) is 3.96. The standard InChI is InChI=1S/C25H20N6O3/c26-12-18-10-16(14-28-6-7-32)15-31-25(18)29-24(30-31)20-3-1-2-19(21(20)13-27)17-4-5-22-23(11-17)34-9-8-33-22/h1-5,10-11,15,28,32H,6-9,14H2. The summed E-state index contributed by atoms with van der Waals surface area (Å²) in [5, 5.41) is 36.3. The van der Waals surface area contributed by atoms with Gasteiger partial charge in [-0.05, 0) is 35.4 Å². The second kappa shape index (κ2) is 9.20. The number of nitriles is 2. The molecule has 4 aromatic rings. The van der Waals surface area contributed by atoms with Gasteiger partial charge in [0.2, 0.25) is 0 Å². The Hall–Kier alpha value is -4.44. The summed E-state index contributed by atoms with van der Waals surface area (Å²) in [5.74, 6) is 1.68. The number of pyridine rings is 1. The largest absolute Gasteiger partial charge is 0.486 e. The van der Waals surface area contributed by atoms with Crippen molar-refractivity contribution in [2.24, 2.45) is 0 Å². The van der Waals surface area contributed by atoms with Crippen molar-refractivity contribution in [3.05, 3.63) is 65.4 Å². The van der Waals surface area contributed by atoms with Gasteiger partial charge in [0.1, 0.15) is 25.4 Å². The molecule has 0 atom stereocenters. The number of aliphatic hydroxyl groups is 1. The Bertz CT molecular complexity index is 1460. The van der Waals surface area contributed by atoms with E-state index < -0.39 is 0 Å². The highest BCUT2D eigenvalue weighted by Crippen LogP contribution is 2.37. The van der Waals surface area contributed by atoms with Crippen LogP contribution in [0.4, 0.5) is 0 Å². The van der Waals surface area contributed by atoms with E-state index in [1.54, 1.807) is 22.8 Å². The van der Waals surface area contributed by atoms with Crippen LogP contribution in [0.5, 0.6) is 11.5 Å². The quantitative estimate of drug-likeness (QED) is 0.427. The average molecular weight is 452 g/mol. The van der Waals surface area contributed by atoms with Crippen molar-refractivity contribution in [1.29, 1.82) is 10.5 Å². The van der Waals surface area contributed by atoms with Crippen molar-refractivity contribution in [3.8, 4) is 46.2 Å². The van der Waals surface area contributed by atoms with Gasteiger partial charge in [-0.15, -0.1) is 5.10 Å². The first kappa shape index (κ1) is 21.4. The maximum atomic E-state index is 10.1. The molecule has 0 amide bonds. The van der Waals surface area contributed by atoms with Gasteiger partial charge in [0.25, 0.3) is 0 Å². The Morgan fingerprint density at radius 1 is 1.03 bits per heavy atom. The average Bonchev–Trinajstić information content (AvgIpc) is 3.31. The number of nitrogens with zero attached hydrogens (tertiary/aromatic N) is 5. The first-order valence-electron chi connectivity index (χ1n) is 10.8. The van der Waals surface area contributed by atoms with E-state index in [2.05, 4.69) is 27.5 Å². The summed E-state index contributed by atoms with van der Waals surface area (Å²) < 4.78 is 12.9. The summed E-state index contributed by atoms with van der Waals surface area (Å²) in [5.41, 5.74) is 4.17. The van der Waals surface area contributed by atoms with Gasteiger partial charge in [-0.2, -0.15) is 10.5 Å². The first-order valence-corrected chi connectivity index (χ1v) is 10.8. The van der Waals surface area contributed by atoms with Crippen molar-refractivity contribution in [2.75, 3.05) is 26.4 Å². The van der Waals surface area contributed by atoms with Crippen LogP contribution < -0.4 is 14.8 Å². The van der Waals surface area contributed by atoms with E-state index in [9.17, 15) is 10.5 Å². The molecular formula is C25H20N6O3. The molecule has 168 valence electrons. The molecular weight excluding hydrogens is 432 g/mol. The van der Waals surface area contributed by atoms with Gasteiger partial charge in [0.15, 0.2) is 23.0 Å². The third-order valence-corrected chi connectivity index (χ3v) is 5.50. The van der Waals surface area contributed by atoms with Gasteiger partial charge < -0.3 is 19.9 Å². The van der Waals surface area contributed by atoms with Crippen molar-refractivity contribution in [2.45, 2.75) is 6.54 Å². The van der Waals surface area contributed by atoms with Gasteiger partial charge in [-0.3, -0.25) is 0 Å². The number of nitrogens with one attached hydrogen (secondary N) is 1. The normalized spacial score (nSPS) is 12.3. The number of aromatic nitrogens is 3. The highest BCUT2D eigenvalue weighted by Gasteiger charge is 2.19. The monoisotopic (exact) mass is 452 g/mol. The molecule has 1 aliphatic heterocycles. The number of hydrogen-bond donors (Lipinski definition) is 2.